The second kappa shape index (κ2) is 4.23. The SMILES string of the molecule is CNC(C(=O)O)C(C)(C)SS. The highest BCUT2D eigenvalue weighted by atomic mass is 33.1. The lowest BCUT2D eigenvalue weighted by atomic mass is 10.0. The van der Waals surface area contributed by atoms with Crippen LogP contribution in [0.1, 0.15) is 13.8 Å². The Labute approximate surface area is 75.7 Å². The molecular formula is C6H13NO2S2. The van der Waals surface area contributed by atoms with E-state index in [1.54, 1.807) is 7.05 Å². The molecule has 5 heteroatoms. The van der Waals surface area contributed by atoms with Gasteiger partial charge in [0.25, 0.3) is 0 Å². The molecule has 0 radical (unpaired) electrons. The minimum atomic E-state index is -0.848. The van der Waals surface area contributed by atoms with Gasteiger partial charge in [0.1, 0.15) is 6.04 Å². The fourth-order valence-corrected chi connectivity index (χ4v) is 1.46. The van der Waals surface area contributed by atoms with Crippen LogP contribution in [0.2, 0.25) is 0 Å². The van der Waals surface area contributed by atoms with Crippen molar-refractivity contribution in [2.24, 2.45) is 0 Å². The van der Waals surface area contributed by atoms with Crippen molar-refractivity contribution in [3.8, 4) is 0 Å². The summed E-state index contributed by atoms with van der Waals surface area (Å²) in [6, 6.07) is -0.565. The third-order valence-corrected chi connectivity index (χ3v) is 3.58. The van der Waals surface area contributed by atoms with Crippen molar-refractivity contribution in [3.05, 3.63) is 0 Å². The van der Waals surface area contributed by atoms with Crippen LogP contribution in [0, 0.1) is 0 Å². The fourth-order valence-electron chi connectivity index (χ4n) is 0.821. The van der Waals surface area contributed by atoms with Crippen LogP contribution in [0.4, 0.5) is 0 Å². The summed E-state index contributed by atoms with van der Waals surface area (Å²) in [5, 5.41) is 11.5. The molecule has 1 atom stereocenters. The van der Waals surface area contributed by atoms with E-state index in [0.717, 1.165) is 0 Å². The van der Waals surface area contributed by atoms with E-state index in [4.69, 9.17) is 5.11 Å². The number of hydrogen-bond donors (Lipinski definition) is 3. The van der Waals surface area contributed by atoms with Gasteiger partial charge in [0.15, 0.2) is 0 Å². The van der Waals surface area contributed by atoms with Gasteiger partial charge in [0.05, 0.1) is 0 Å². The number of likely N-dealkylation sites (N-methyl/N-ethyl adjacent to an activating group) is 1. The summed E-state index contributed by atoms with van der Waals surface area (Å²) >= 11 is 4.00. The summed E-state index contributed by atoms with van der Waals surface area (Å²) in [6.45, 7) is 3.67. The second-order valence-corrected chi connectivity index (χ2v) is 4.54. The van der Waals surface area contributed by atoms with Crippen LogP contribution in [0.25, 0.3) is 0 Å². The lowest BCUT2D eigenvalue weighted by Crippen LogP contribution is -2.48. The average molecular weight is 195 g/mol. The van der Waals surface area contributed by atoms with Crippen molar-refractivity contribution >= 4 is 28.4 Å². The molecule has 0 bridgehead atoms. The zero-order chi connectivity index (χ0) is 9.07. The Morgan fingerprint density at radius 2 is 2.18 bits per heavy atom. The summed E-state index contributed by atoms with van der Waals surface area (Å²) in [4.78, 5) is 10.6. The molecule has 0 aliphatic carbocycles. The molecule has 0 amide bonds. The molecule has 0 spiro atoms. The topological polar surface area (TPSA) is 49.3 Å². The first-order valence-corrected chi connectivity index (χ1v) is 5.05. The van der Waals surface area contributed by atoms with Crippen LogP contribution in [-0.4, -0.2) is 28.9 Å². The van der Waals surface area contributed by atoms with E-state index in [0.29, 0.717) is 0 Å². The largest absolute Gasteiger partial charge is 0.480 e. The highest BCUT2D eigenvalue weighted by Gasteiger charge is 2.33. The Morgan fingerprint density at radius 1 is 1.73 bits per heavy atom. The third-order valence-electron chi connectivity index (χ3n) is 1.47. The molecule has 11 heavy (non-hydrogen) atoms. The smallest absolute Gasteiger partial charge is 0.322 e. The van der Waals surface area contributed by atoms with Crippen LogP contribution < -0.4 is 5.32 Å². The van der Waals surface area contributed by atoms with E-state index in [1.165, 1.54) is 10.8 Å². The predicted molar refractivity (Wildman–Crippen MR) is 51.1 cm³/mol. The van der Waals surface area contributed by atoms with Crippen molar-refractivity contribution in [1.82, 2.24) is 5.32 Å². The van der Waals surface area contributed by atoms with Crippen LogP contribution in [0.15, 0.2) is 0 Å². The Kier molecular flexibility index (Phi) is 4.28. The third kappa shape index (κ3) is 2.92. The van der Waals surface area contributed by atoms with Gasteiger partial charge in [-0.25, -0.2) is 0 Å². The number of aliphatic carboxylic acids is 1. The standard InChI is InChI=1S/C6H13NO2S2/c1-6(2,11-10)4(7-3)5(8)9/h4,7,10H,1-3H3,(H,8,9). The second-order valence-electron chi connectivity index (χ2n) is 2.75. The average Bonchev–Trinajstić information content (AvgIpc) is 1.88. The van der Waals surface area contributed by atoms with Crippen LogP contribution in [0.3, 0.4) is 0 Å². The van der Waals surface area contributed by atoms with Gasteiger partial charge in [-0.15, -0.1) is 11.7 Å². The number of nitrogens with one attached hydrogen (secondary N) is 1. The minimum Gasteiger partial charge on any atom is -0.480 e. The lowest BCUT2D eigenvalue weighted by Gasteiger charge is -2.27. The van der Waals surface area contributed by atoms with Gasteiger partial charge >= 0.3 is 5.97 Å². The zero-order valence-electron chi connectivity index (χ0n) is 6.79. The van der Waals surface area contributed by atoms with E-state index < -0.39 is 16.8 Å². The van der Waals surface area contributed by atoms with E-state index in [2.05, 4.69) is 17.0 Å². The summed E-state index contributed by atoms with van der Waals surface area (Å²) in [7, 11) is 2.87. The molecule has 66 valence electrons. The Hall–Kier alpha value is 0.130. The molecule has 0 aliphatic rings. The molecule has 2 N–H and O–H groups in total. The molecule has 0 aromatic carbocycles. The van der Waals surface area contributed by atoms with Crippen molar-refractivity contribution in [2.75, 3.05) is 7.05 Å². The molecule has 0 saturated heterocycles. The monoisotopic (exact) mass is 195 g/mol. The summed E-state index contributed by atoms with van der Waals surface area (Å²) in [5.74, 6) is -0.848. The summed E-state index contributed by atoms with van der Waals surface area (Å²) in [6.07, 6.45) is 0. The Morgan fingerprint density at radius 3 is 2.27 bits per heavy atom. The predicted octanol–water partition coefficient (Wildman–Crippen LogP) is 1.02. The first kappa shape index (κ1) is 11.1. The molecule has 0 aliphatic heterocycles. The molecule has 1 unspecified atom stereocenters. The lowest BCUT2D eigenvalue weighted by molar-refractivity contribution is -0.139. The molecule has 0 aromatic heterocycles. The van der Waals surface area contributed by atoms with E-state index in [1.807, 2.05) is 13.8 Å². The highest BCUT2D eigenvalue weighted by molar-refractivity contribution is 8.69. The molecule has 0 rings (SSSR count). The van der Waals surface area contributed by atoms with Crippen LogP contribution in [0.5, 0.6) is 0 Å². The Bertz CT molecular complexity index is 150. The zero-order valence-corrected chi connectivity index (χ0v) is 8.50. The fraction of sp³-hybridized carbons (Fsp3) is 0.833. The van der Waals surface area contributed by atoms with Gasteiger partial charge in [-0.3, -0.25) is 4.79 Å². The highest BCUT2D eigenvalue weighted by Crippen LogP contribution is 2.30. The van der Waals surface area contributed by atoms with Crippen molar-refractivity contribution in [1.29, 1.82) is 0 Å². The molecule has 0 saturated carbocycles. The quantitative estimate of drug-likeness (QED) is 0.463. The number of thiol groups is 1. The van der Waals surface area contributed by atoms with Gasteiger partial charge in [-0.2, -0.15) is 0 Å². The van der Waals surface area contributed by atoms with Crippen LogP contribution in [-0.2, 0) is 4.79 Å². The molecule has 0 heterocycles. The normalized spacial score (nSPS) is 14.5. The molecule has 0 aromatic rings. The molecular weight excluding hydrogens is 182 g/mol. The van der Waals surface area contributed by atoms with E-state index >= 15 is 0 Å². The van der Waals surface area contributed by atoms with Crippen molar-refractivity contribution in [2.45, 2.75) is 24.6 Å². The van der Waals surface area contributed by atoms with Gasteiger partial charge in [0.2, 0.25) is 0 Å². The van der Waals surface area contributed by atoms with Crippen molar-refractivity contribution in [3.63, 3.8) is 0 Å². The van der Waals surface area contributed by atoms with Gasteiger partial charge in [-0.1, -0.05) is 10.8 Å². The number of rotatable bonds is 4. The number of hydrogen-bond acceptors (Lipinski definition) is 4. The van der Waals surface area contributed by atoms with E-state index in [9.17, 15) is 4.79 Å². The summed E-state index contributed by atoms with van der Waals surface area (Å²) < 4.78 is -0.399. The van der Waals surface area contributed by atoms with Gasteiger partial charge in [0, 0.05) is 4.75 Å². The first-order valence-electron chi connectivity index (χ1n) is 3.18. The van der Waals surface area contributed by atoms with Crippen LogP contribution >= 0.6 is 22.5 Å². The maximum Gasteiger partial charge on any atom is 0.322 e. The minimum absolute atomic E-state index is 0.399. The van der Waals surface area contributed by atoms with Gasteiger partial charge < -0.3 is 10.4 Å². The number of carboxylic acids is 1. The molecule has 0 fully saturated rings. The maximum absolute atomic E-state index is 10.6. The molecule has 3 nitrogen and oxygen atoms in total. The summed E-state index contributed by atoms with van der Waals surface area (Å²) in [5.41, 5.74) is 0. The maximum atomic E-state index is 10.6. The first-order chi connectivity index (χ1) is 4.95. The van der Waals surface area contributed by atoms with E-state index in [-0.39, 0.29) is 0 Å². The number of carboxylic acid groups (broad SMARTS) is 1. The van der Waals surface area contributed by atoms with Crippen molar-refractivity contribution < 1.29 is 9.90 Å². The number of carbonyl (C=O) groups is 1. The Balaban J connectivity index is 4.36. The van der Waals surface area contributed by atoms with Gasteiger partial charge in [-0.05, 0) is 20.9 Å².